The quantitative estimate of drug-likeness (QED) is 0.852. The van der Waals surface area contributed by atoms with Gasteiger partial charge in [-0.2, -0.15) is 0 Å². The Kier molecular flexibility index (Phi) is 3.63. The zero-order valence-corrected chi connectivity index (χ0v) is 11.9. The van der Waals surface area contributed by atoms with E-state index in [1.165, 1.54) is 18.5 Å². The lowest BCUT2D eigenvalue weighted by Gasteiger charge is -2.11. The molecule has 0 atom stereocenters. The topological polar surface area (TPSA) is 55.0 Å². The number of nitrogens with zero attached hydrogens (tertiary/aromatic N) is 3. The summed E-state index contributed by atoms with van der Waals surface area (Å²) >= 11 is 2.26. The van der Waals surface area contributed by atoms with Crippen molar-refractivity contribution in [1.82, 2.24) is 14.9 Å². The minimum atomic E-state index is 0.635. The number of hydrogen-bond acceptors (Lipinski definition) is 4. The summed E-state index contributed by atoms with van der Waals surface area (Å²) in [5.74, 6) is 2.16. The molecule has 0 spiro atoms. The molecular formula is C11H17IN4. The molecule has 1 aromatic rings. The Morgan fingerprint density at radius 3 is 2.62 bits per heavy atom. The van der Waals surface area contributed by atoms with Gasteiger partial charge in [0.2, 0.25) is 0 Å². The third kappa shape index (κ3) is 2.82. The average molecular weight is 332 g/mol. The molecule has 1 saturated carbocycles. The van der Waals surface area contributed by atoms with E-state index in [0.717, 1.165) is 22.4 Å². The first-order valence-electron chi connectivity index (χ1n) is 5.54. The van der Waals surface area contributed by atoms with Crippen molar-refractivity contribution in [1.29, 1.82) is 0 Å². The molecule has 0 saturated heterocycles. The fourth-order valence-electron chi connectivity index (χ4n) is 1.60. The lowest BCUT2D eigenvalue weighted by molar-refractivity contribution is 0.409. The van der Waals surface area contributed by atoms with E-state index < -0.39 is 0 Å². The highest BCUT2D eigenvalue weighted by atomic mass is 127. The Labute approximate surface area is 110 Å². The van der Waals surface area contributed by atoms with Gasteiger partial charge >= 0.3 is 0 Å². The van der Waals surface area contributed by atoms with E-state index in [0.29, 0.717) is 11.7 Å². The van der Waals surface area contributed by atoms with Crippen LogP contribution in [0.1, 0.15) is 30.3 Å². The second-order valence-corrected chi connectivity index (χ2v) is 5.63. The van der Waals surface area contributed by atoms with Crippen LogP contribution in [0.4, 0.5) is 5.82 Å². The summed E-state index contributed by atoms with van der Waals surface area (Å²) in [5.41, 5.74) is 7.09. The SMILES string of the molecule is CN(C)CCc1nc(N)c(I)c(C2CC2)n1. The summed E-state index contributed by atoms with van der Waals surface area (Å²) in [6, 6.07) is 0. The number of likely N-dealkylation sites (N-methyl/N-ethyl adjacent to an activating group) is 1. The Hall–Kier alpha value is -0.430. The molecule has 4 nitrogen and oxygen atoms in total. The van der Waals surface area contributed by atoms with Crippen molar-refractivity contribution in [3.05, 3.63) is 15.1 Å². The molecule has 0 bridgehead atoms. The molecule has 1 fully saturated rings. The molecule has 1 aliphatic carbocycles. The third-order valence-electron chi connectivity index (χ3n) is 2.70. The highest BCUT2D eigenvalue weighted by Gasteiger charge is 2.28. The lowest BCUT2D eigenvalue weighted by atomic mass is 10.2. The van der Waals surface area contributed by atoms with Crippen molar-refractivity contribution in [3.63, 3.8) is 0 Å². The van der Waals surface area contributed by atoms with E-state index in [1.807, 2.05) is 0 Å². The second-order valence-electron chi connectivity index (χ2n) is 4.55. The molecule has 5 heteroatoms. The van der Waals surface area contributed by atoms with Crippen LogP contribution in [0.25, 0.3) is 0 Å². The van der Waals surface area contributed by atoms with Crippen LogP contribution in [-0.2, 0) is 6.42 Å². The smallest absolute Gasteiger partial charge is 0.140 e. The molecule has 16 heavy (non-hydrogen) atoms. The highest BCUT2D eigenvalue weighted by Crippen LogP contribution is 2.41. The highest BCUT2D eigenvalue weighted by molar-refractivity contribution is 14.1. The second kappa shape index (κ2) is 4.83. The predicted molar refractivity (Wildman–Crippen MR) is 73.4 cm³/mol. The average Bonchev–Trinajstić information content (AvgIpc) is 3.03. The van der Waals surface area contributed by atoms with Gasteiger partial charge in [-0.05, 0) is 49.5 Å². The number of anilines is 1. The van der Waals surface area contributed by atoms with E-state index in [-0.39, 0.29) is 0 Å². The Morgan fingerprint density at radius 2 is 2.06 bits per heavy atom. The van der Waals surface area contributed by atoms with Crippen LogP contribution in [0.15, 0.2) is 0 Å². The maximum Gasteiger partial charge on any atom is 0.140 e. The summed E-state index contributed by atoms with van der Waals surface area (Å²) in [7, 11) is 4.11. The van der Waals surface area contributed by atoms with E-state index in [9.17, 15) is 0 Å². The molecule has 2 N–H and O–H groups in total. The molecule has 1 aliphatic rings. The number of rotatable bonds is 4. The zero-order chi connectivity index (χ0) is 11.7. The largest absolute Gasteiger partial charge is 0.383 e. The molecular weight excluding hydrogens is 315 g/mol. The molecule has 0 amide bonds. The molecule has 0 aromatic carbocycles. The van der Waals surface area contributed by atoms with Gasteiger partial charge < -0.3 is 10.6 Å². The van der Waals surface area contributed by atoms with Crippen LogP contribution in [0.5, 0.6) is 0 Å². The van der Waals surface area contributed by atoms with Crippen molar-refractivity contribution >= 4 is 28.4 Å². The molecule has 0 radical (unpaired) electrons. The Bertz CT molecular complexity index is 388. The number of nitrogen functional groups attached to an aromatic ring is 1. The minimum absolute atomic E-state index is 0.635. The van der Waals surface area contributed by atoms with E-state index in [4.69, 9.17) is 5.73 Å². The van der Waals surface area contributed by atoms with E-state index >= 15 is 0 Å². The fraction of sp³-hybridized carbons (Fsp3) is 0.636. The van der Waals surface area contributed by atoms with Crippen molar-refractivity contribution in [2.24, 2.45) is 0 Å². The van der Waals surface area contributed by atoms with Gasteiger partial charge in [-0.3, -0.25) is 0 Å². The van der Waals surface area contributed by atoms with Gasteiger partial charge in [0.1, 0.15) is 11.6 Å². The Morgan fingerprint density at radius 1 is 1.38 bits per heavy atom. The zero-order valence-electron chi connectivity index (χ0n) is 9.70. The van der Waals surface area contributed by atoms with Crippen LogP contribution in [0.3, 0.4) is 0 Å². The maximum atomic E-state index is 5.92. The van der Waals surface area contributed by atoms with E-state index in [1.54, 1.807) is 0 Å². The maximum absolute atomic E-state index is 5.92. The van der Waals surface area contributed by atoms with Gasteiger partial charge in [-0.15, -0.1) is 0 Å². The molecule has 0 unspecified atom stereocenters. The number of aromatic nitrogens is 2. The van der Waals surface area contributed by atoms with Crippen molar-refractivity contribution in [2.45, 2.75) is 25.2 Å². The van der Waals surface area contributed by atoms with Crippen LogP contribution in [0.2, 0.25) is 0 Å². The molecule has 2 rings (SSSR count). The summed E-state index contributed by atoms with van der Waals surface area (Å²) in [6.45, 7) is 0.962. The minimum Gasteiger partial charge on any atom is -0.383 e. The lowest BCUT2D eigenvalue weighted by Crippen LogP contribution is -2.17. The van der Waals surface area contributed by atoms with Crippen LogP contribution < -0.4 is 5.73 Å². The van der Waals surface area contributed by atoms with Crippen LogP contribution in [-0.4, -0.2) is 35.5 Å². The van der Waals surface area contributed by atoms with Crippen LogP contribution >= 0.6 is 22.6 Å². The monoisotopic (exact) mass is 332 g/mol. The summed E-state index contributed by atoms with van der Waals surface area (Å²) < 4.78 is 1.05. The normalized spacial score (nSPS) is 15.8. The first-order valence-corrected chi connectivity index (χ1v) is 6.62. The number of hydrogen-bond donors (Lipinski definition) is 1. The third-order valence-corrected chi connectivity index (χ3v) is 3.80. The van der Waals surface area contributed by atoms with Crippen molar-refractivity contribution < 1.29 is 0 Å². The summed E-state index contributed by atoms with van der Waals surface area (Å²) in [5, 5.41) is 0. The summed E-state index contributed by atoms with van der Waals surface area (Å²) in [6.07, 6.45) is 3.37. The molecule has 1 aromatic heterocycles. The number of nitrogens with two attached hydrogens (primary N) is 1. The van der Waals surface area contributed by atoms with Crippen molar-refractivity contribution in [2.75, 3.05) is 26.4 Å². The van der Waals surface area contributed by atoms with Gasteiger partial charge in [-0.25, -0.2) is 9.97 Å². The van der Waals surface area contributed by atoms with Gasteiger partial charge in [0.15, 0.2) is 0 Å². The van der Waals surface area contributed by atoms with Crippen LogP contribution in [0, 0.1) is 3.57 Å². The number of halogens is 1. The first-order chi connectivity index (χ1) is 7.58. The van der Waals surface area contributed by atoms with Crippen molar-refractivity contribution in [3.8, 4) is 0 Å². The van der Waals surface area contributed by atoms with Gasteiger partial charge in [0, 0.05) is 18.9 Å². The van der Waals surface area contributed by atoms with Gasteiger partial charge in [0.25, 0.3) is 0 Å². The van der Waals surface area contributed by atoms with Gasteiger partial charge in [0.05, 0.1) is 9.26 Å². The predicted octanol–water partition coefficient (Wildman–Crippen LogP) is 1.64. The molecule has 1 heterocycles. The standard InChI is InChI=1S/C11H17IN4/c1-16(2)6-5-8-14-10(7-3-4-7)9(12)11(13)15-8/h7H,3-6H2,1-2H3,(H2,13,14,15). The summed E-state index contributed by atoms with van der Waals surface area (Å²) in [4.78, 5) is 11.1. The molecule has 88 valence electrons. The van der Waals surface area contributed by atoms with Gasteiger partial charge in [-0.1, -0.05) is 0 Å². The Balaban J connectivity index is 2.19. The fourth-order valence-corrected chi connectivity index (χ4v) is 2.28. The van der Waals surface area contributed by atoms with E-state index in [2.05, 4.69) is 51.6 Å². The first kappa shape index (κ1) is 12.0. The molecule has 0 aliphatic heterocycles.